The van der Waals surface area contributed by atoms with Crippen molar-refractivity contribution >= 4 is 17.5 Å². The van der Waals surface area contributed by atoms with Crippen LogP contribution >= 0.6 is 0 Å². The largest absolute Gasteiger partial charge is 0.374 e. The SMILES string of the molecule is CN1CCC(CN2CCC(N3CCC(c4ccc(NC5CCC(=O)NC5=O)cc4F)CC3)C(F)(F)C2)CC1. The molecule has 0 radical (unpaired) electrons. The fourth-order valence-electron chi connectivity index (χ4n) is 6.72. The van der Waals surface area contributed by atoms with Crippen molar-refractivity contribution in [2.75, 3.05) is 58.2 Å². The quantitative estimate of drug-likeness (QED) is 0.546. The molecule has 210 valence electrons. The molecule has 0 saturated carbocycles. The van der Waals surface area contributed by atoms with Crippen LogP contribution in [-0.2, 0) is 9.59 Å². The molecule has 1 aromatic rings. The molecule has 2 unspecified atom stereocenters. The van der Waals surface area contributed by atoms with Crippen molar-refractivity contribution in [1.82, 2.24) is 20.0 Å². The van der Waals surface area contributed by atoms with E-state index < -0.39 is 23.9 Å². The molecule has 4 fully saturated rings. The number of imide groups is 1. The Morgan fingerprint density at radius 2 is 1.74 bits per heavy atom. The van der Waals surface area contributed by atoms with Crippen molar-refractivity contribution in [3.8, 4) is 0 Å². The topological polar surface area (TPSA) is 67.9 Å². The van der Waals surface area contributed by atoms with E-state index in [1.165, 1.54) is 6.07 Å². The molecule has 0 aliphatic carbocycles. The van der Waals surface area contributed by atoms with Gasteiger partial charge in [0.15, 0.2) is 0 Å². The van der Waals surface area contributed by atoms with Gasteiger partial charge in [-0.2, -0.15) is 0 Å². The lowest BCUT2D eigenvalue weighted by atomic mass is 9.86. The fraction of sp³-hybridized carbons (Fsp3) is 0.714. The molecule has 4 aliphatic rings. The first-order valence-electron chi connectivity index (χ1n) is 14.1. The Morgan fingerprint density at radius 3 is 2.39 bits per heavy atom. The Hall–Kier alpha value is -2.17. The molecule has 38 heavy (non-hydrogen) atoms. The molecule has 2 amide bonds. The van der Waals surface area contributed by atoms with Crippen LogP contribution in [0.4, 0.5) is 18.9 Å². The van der Waals surface area contributed by atoms with Crippen LogP contribution < -0.4 is 10.6 Å². The zero-order chi connectivity index (χ0) is 26.9. The highest BCUT2D eigenvalue weighted by molar-refractivity contribution is 6.01. The van der Waals surface area contributed by atoms with E-state index in [-0.39, 0.29) is 30.6 Å². The number of nitrogens with one attached hydrogen (secondary N) is 2. The van der Waals surface area contributed by atoms with Crippen molar-refractivity contribution < 1.29 is 22.8 Å². The monoisotopic (exact) mass is 535 g/mol. The van der Waals surface area contributed by atoms with Gasteiger partial charge in [-0.05, 0) is 101 Å². The highest BCUT2D eigenvalue weighted by atomic mass is 19.3. The third kappa shape index (κ3) is 6.34. The molecule has 10 heteroatoms. The number of hydrogen-bond donors (Lipinski definition) is 2. The smallest absolute Gasteiger partial charge is 0.275 e. The van der Waals surface area contributed by atoms with Crippen molar-refractivity contribution in [3.63, 3.8) is 0 Å². The molecule has 0 aromatic heterocycles. The second-order valence-corrected chi connectivity index (χ2v) is 11.7. The van der Waals surface area contributed by atoms with E-state index in [1.807, 2.05) is 9.80 Å². The van der Waals surface area contributed by atoms with Crippen molar-refractivity contribution in [2.24, 2.45) is 5.92 Å². The summed E-state index contributed by atoms with van der Waals surface area (Å²) in [4.78, 5) is 29.5. The molecule has 5 rings (SSSR count). The van der Waals surface area contributed by atoms with Crippen LogP contribution in [0, 0.1) is 11.7 Å². The van der Waals surface area contributed by atoms with Gasteiger partial charge in [0.2, 0.25) is 11.8 Å². The number of anilines is 1. The normalized spacial score (nSPS) is 28.8. The van der Waals surface area contributed by atoms with Crippen LogP contribution in [0.5, 0.6) is 0 Å². The van der Waals surface area contributed by atoms with Gasteiger partial charge in [0.1, 0.15) is 11.9 Å². The molecule has 0 bridgehead atoms. The van der Waals surface area contributed by atoms with Gasteiger partial charge in [-0.3, -0.25) is 24.7 Å². The minimum Gasteiger partial charge on any atom is -0.374 e. The minimum absolute atomic E-state index is 0.0194. The molecule has 4 heterocycles. The van der Waals surface area contributed by atoms with Gasteiger partial charge in [-0.25, -0.2) is 13.2 Å². The zero-order valence-electron chi connectivity index (χ0n) is 22.2. The summed E-state index contributed by atoms with van der Waals surface area (Å²) in [6.45, 7) is 4.48. The van der Waals surface area contributed by atoms with Crippen LogP contribution in [0.15, 0.2) is 18.2 Å². The van der Waals surface area contributed by atoms with Crippen LogP contribution in [0.2, 0.25) is 0 Å². The van der Waals surface area contributed by atoms with Crippen LogP contribution in [0.25, 0.3) is 0 Å². The first-order valence-corrected chi connectivity index (χ1v) is 14.1. The van der Waals surface area contributed by atoms with E-state index in [0.717, 1.165) is 32.5 Å². The second-order valence-electron chi connectivity index (χ2n) is 11.7. The third-order valence-corrected chi connectivity index (χ3v) is 8.99. The van der Waals surface area contributed by atoms with E-state index in [1.54, 1.807) is 12.1 Å². The van der Waals surface area contributed by atoms with E-state index in [4.69, 9.17) is 0 Å². The van der Waals surface area contributed by atoms with Gasteiger partial charge in [-0.15, -0.1) is 0 Å². The van der Waals surface area contributed by atoms with Crippen LogP contribution in [-0.4, -0.2) is 97.4 Å². The van der Waals surface area contributed by atoms with Gasteiger partial charge >= 0.3 is 0 Å². The van der Waals surface area contributed by atoms with Gasteiger partial charge in [0.25, 0.3) is 5.92 Å². The van der Waals surface area contributed by atoms with Crippen molar-refractivity contribution in [2.45, 2.75) is 68.9 Å². The Labute approximate surface area is 223 Å². The summed E-state index contributed by atoms with van der Waals surface area (Å²) < 4.78 is 45.6. The highest BCUT2D eigenvalue weighted by Crippen LogP contribution is 2.37. The maximum Gasteiger partial charge on any atom is 0.275 e. The fourth-order valence-corrected chi connectivity index (χ4v) is 6.72. The Kier molecular flexibility index (Phi) is 8.30. The summed E-state index contributed by atoms with van der Waals surface area (Å²) in [5.74, 6) is -3.30. The lowest BCUT2D eigenvalue weighted by molar-refractivity contribution is -0.134. The molecule has 4 aliphatic heterocycles. The molecule has 0 spiro atoms. The lowest BCUT2D eigenvalue weighted by Gasteiger charge is -2.46. The van der Waals surface area contributed by atoms with E-state index in [2.05, 4.69) is 22.6 Å². The van der Waals surface area contributed by atoms with Gasteiger partial charge in [0, 0.05) is 25.2 Å². The van der Waals surface area contributed by atoms with Gasteiger partial charge in [-0.1, -0.05) is 6.07 Å². The predicted molar refractivity (Wildman–Crippen MR) is 140 cm³/mol. The number of halogens is 3. The molecule has 2 N–H and O–H groups in total. The summed E-state index contributed by atoms with van der Waals surface area (Å²) >= 11 is 0. The van der Waals surface area contributed by atoms with Gasteiger partial charge in [0.05, 0.1) is 12.6 Å². The molecule has 2 atom stereocenters. The van der Waals surface area contributed by atoms with Gasteiger partial charge < -0.3 is 10.2 Å². The number of hydrogen-bond acceptors (Lipinski definition) is 6. The van der Waals surface area contributed by atoms with E-state index >= 15 is 13.2 Å². The minimum atomic E-state index is -2.74. The summed E-state index contributed by atoms with van der Waals surface area (Å²) in [6.07, 6.45) is 4.54. The number of amides is 2. The third-order valence-electron chi connectivity index (χ3n) is 8.99. The molecule has 7 nitrogen and oxygen atoms in total. The Balaban J connectivity index is 1.12. The summed E-state index contributed by atoms with van der Waals surface area (Å²) in [5.41, 5.74) is 1.09. The number of benzene rings is 1. The second kappa shape index (κ2) is 11.5. The van der Waals surface area contributed by atoms with E-state index in [0.29, 0.717) is 62.5 Å². The number of piperidine rings is 4. The zero-order valence-corrected chi connectivity index (χ0v) is 22.2. The van der Waals surface area contributed by atoms with Crippen molar-refractivity contribution in [3.05, 3.63) is 29.6 Å². The number of carbonyl (C=O) groups excluding carboxylic acids is 2. The Morgan fingerprint density at radius 1 is 1.00 bits per heavy atom. The molecular weight excluding hydrogens is 495 g/mol. The molecule has 1 aromatic carbocycles. The average Bonchev–Trinajstić information content (AvgIpc) is 2.87. The number of carbonyl (C=O) groups is 2. The maximum atomic E-state index is 15.3. The molecular formula is C28H40F3N5O2. The average molecular weight is 536 g/mol. The van der Waals surface area contributed by atoms with Crippen molar-refractivity contribution in [1.29, 1.82) is 0 Å². The summed E-state index contributed by atoms with van der Waals surface area (Å²) in [5, 5.41) is 5.30. The van der Waals surface area contributed by atoms with Crippen LogP contribution in [0.1, 0.15) is 56.4 Å². The standard InChI is InChI=1S/C28H40F3N5O2/c1-34-11-6-19(7-12-34)17-35-13-10-25(28(30,31)18-35)36-14-8-20(9-15-36)22-3-2-21(16-23(22)29)32-24-4-5-26(37)33-27(24)38/h2-3,16,19-20,24-25,32H,4-15,17-18H2,1H3,(H,33,37,38). The summed E-state index contributed by atoms with van der Waals surface area (Å²) in [6, 6.07) is 3.56. The van der Waals surface area contributed by atoms with E-state index in [9.17, 15) is 9.59 Å². The predicted octanol–water partition coefficient (Wildman–Crippen LogP) is 3.27. The number of nitrogens with zero attached hydrogens (tertiary/aromatic N) is 3. The van der Waals surface area contributed by atoms with Crippen LogP contribution in [0.3, 0.4) is 0 Å². The number of rotatable bonds is 6. The highest BCUT2D eigenvalue weighted by Gasteiger charge is 2.48. The Bertz CT molecular complexity index is 1010. The maximum absolute atomic E-state index is 15.3. The molecule has 4 saturated heterocycles. The first-order chi connectivity index (χ1) is 18.2. The summed E-state index contributed by atoms with van der Waals surface area (Å²) in [7, 11) is 2.11. The number of likely N-dealkylation sites (tertiary alicyclic amines) is 3. The first kappa shape index (κ1) is 27.4. The number of alkyl halides is 2. The lowest BCUT2D eigenvalue weighted by Crippen LogP contribution is -2.60.